The van der Waals surface area contributed by atoms with Crippen LogP contribution in [0.1, 0.15) is 50.6 Å². The van der Waals surface area contributed by atoms with Crippen LogP contribution in [-0.4, -0.2) is 27.7 Å². The molecule has 0 radical (unpaired) electrons. The monoisotopic (exact) mass is 488 g/mol. The number of thioether (sulfide) groups is 1. The molecule has 1 aliphatic heterocycles. The quantitative estimate of drug-likeness (QED) is 0.538. The van der Waals surface area contributed by atoms with E-state index < -0.39 is 11.4 Å². The molecule has 2 aromatic heterocycles. The average molecular weight is 489 g/mol. The molecule has 0 spiro atoms. The fourth-order valence-corrected chi connectivity index (χ4v) is 6.50. The van der Waals surface area contributed by atoms with Crippen molar-refractivity contribution in [3.05, 3.63) is 78.3 Å². The van der Waals surface area contributed by atoms with Gasteiger partial charge in [0.1, 0.15) is 5.56 Å². The van der Waals surface area contributed by atoms with Gasteiger partial charge in [-0.05, 0) is 58.0 Å². The van der Waals surface area contributed by atoms with Gasteiger partial charge in [0.15, 0.2) is 5.43 Å². The third-order valence-corrected chi connectivity index (χ3v) is 8.25. The summed E-state index contributed by atoms with van der Waals surface area (Å²) < 4.78 is 2.00. The second-order valence-corrected chi connectivity index (χ2v) is 11.7. The fraction of sp³-hybridized carbons (Fsp3) is 0.333. The van der Waals surface area contributed by atoms with Gasteiger partial charge in [0.2, 0.25) is 0 Å². The molecule has 0 aliphatic carbocycles. The van der Waals surface area contributed by atoms with Crippen LogP contribution in [-0.2, 0) is 6.42 Å². The first kappa shape index (κ1) is 23.1. The normalized spacial score (nSPS) is 15.6. The molecule has 8 heteroatoms. The lowest BCUT2D eigenvalue weighted by Gasteiger charge is -2.25. The van der Waals surface area contributed by atoms with Gasteiger partial charge in [0, 0.05) is 48.8 Å². The van der Waals surface area contributed by atoms with Crippen molar-refractivity contribution in [3.63, 3.8) is 0 Å². The third kappa shape index (κ3) is 4.39. The molecule has 0 bridgehead atoms. The predicted octanol–water partition coefficient (Wildman–Crippen LogP) is 5.06. The zero-order valence-electron chi connectivity index (χ0n) is 18.4. The van der Waals surface area contributed by atoms with Crippen LogP contribution in [0.2, 0.25) is 5.02 Å². The SMILES string of the molecule is Cc1ccc(C2Cc3c(C(=O)NC(C)(C)CO)c(=O)cc(C)n3-c3ccc(Cl)cc3S2)s1. The van der Waals surface area contributed by atoms with Gasteiger partial charge in [-0.15, -0.1) is 23.1 Å². The van der Waals surface area contributed by atoms with Crippen LogP contribution in [0.3, 0.4) is 0 Å². The molecule has 1 atom stereocenters. The lowest BCUT2D eigenvalue weighted by atomic mass is 10.0. The number of aliphatic hydroxyl groups is 1. The summed E-state index contributed by atoms with van der Waals surface area (Å²) in [6.45, 7) is 7.16. The van der Waals surface area contributed by atoms with Crippen molar-refractivity contribution < 1.29 is 9.90 Å². The number of halogens is 1. The Hall–Kier alpha value is -2.06. The van der Waals surface area contributed by atoms with E-state index in [-0.39, 0.29) is 22.8 Å². The number of hydrogen-bond donors (Lipinski definition) is 2. The van der Waals surface area contributed by atoms with Gasteiger partial charge in [-0.25, -0.2) is 0 Å². The first-order chi connectivity index (χ1) is 15.1. The van der Waals surface area contributed by atoms with Crippen molar-refractivity contribution in [2.45, 2.75) is 49.8 Å². The zero-order valence-corrected chi connectivity index (χ0v) is 20.7. The molecule has 0 saturated heterocycles. The maximum atomic E-state index is 13.3. The number of nitrogens with one attached hydrogen (secondary N) is 1. The highest BCUT2D eigenvalue weighted by atomic mass is 35.5. The van der Waals surface area contributed by atoms with Gasteiger partial charge in [-0.1, -0.05) is 11.6 Å². The minimum absolute atomic E-state index is 0.0262. The molecule has 1 aliphatic rings. The van der Waals surface area contributed by atoms with E-state index in [1.54, 1.807) is 36.9 Å². The Bertz CT molecular complexity index is 1260. The number of benzene rings is 1. The number of carbonyl (C=O) groups excluding carboxylic acids is 1. The number of fused-ring (bicyclic) bond motifs is 3. The number of hydrogen-bond acceptors (Lipinski definition) is 5. The summed E-state index contributed by atoms with van der Waals surface area (Å²) in [7, 11) is 0. The van der Waals surface area contributed by atoms with Crippen molar-refractivity contribution in [1.82, 2.24) is 9.88 Å². The Kier molecular flexibility index (Phi) is 6.29. The van der Waals surface area contributed by atoms with Crippen molar-refractivity contribution in [1.29, 1.82) is 0 Å². The molecule has 3 aromatic rings. The maximum Gasteiger partial charge on any atom is 0.257 e. The van der Waals surface area contributed by atoms with Gasteiger partial charge in [0.05, 0.1) is 17.8 Å². The van der Waals surface area contributed by atoms with Crippen LogP contribution in [0.25, 0.3) is 5.69 Å². The van der Waals surface area contributed by atoms with Gasteiger partial charge in [-0.2, -0.15) is 0 Å². The predicted molar refractivity (Wildman–Crippen MR) is 132 cm³/mol. The number of thiophene rings is 1. The van der Waals surface area contributed by atoms with E-state index in [9.17, 15) is 14.7 Å². The maximum absolute atomic E-state index is 13.3. The van der Waals surface area contributed by atoms with E-state index in [0.717, 1.165) is 16.3 Å². The Morgan fingerprint density at radius 1 is 1.25 bits per heavy atom. The van der Waals surface area contributed by atoms with Crippen LogP contribution >= 0.6 is 34.7 Å². The van der Waals surface area contributed by atoms with E-state index in [0.29, 0.717) is 17.1 Å². The molecule has 5 nitrogen and oxygen atoms in total. The number of rotatable bonds is 4. The van der Waals surface area contributed by atoms with Crippen LogP contribution in [0.4, 0.5) is 0 Å². The van der Waals surface area contributed by atoms with Crippen molar-refractivity contribution in [2.24, 2.45) is 0 Å². The summed E-state index contributed by atoms with van der Waals surface area (Å²) in [4.78, 5) is 29.8. The Morgan fingerprint density at radius 2 is 2.00 bits per heavy atom. The van der Waals surface area contributed by atoms with Gasteiger partial charge < -0.3 is 15.0 Å². The van der Waals surface area contributed by atoms with E-state index in [4.69, 9.17) is 11.6 Å². The molecule has 3 heterocycles. The molecular formula is C24H25ClN2O3S2. The third-order valence-electron chi connectivity index (χ3n) is 5.46. The van der Waals surface area contributed by atoms with Crippen LogP contribution in [0.15, 0.2) is 46.1 Å². The second-order valence-electron chi connectivity index (χ2n) is 8.67. The van der Waals surface area contributed by atoms with E-state index in [1.807, 2.05) is 29.7 Å². The lowest BCUT2D eigenvalue weighted by Crippen LogP contribution is -2.48. The first-order valence-corrected chi connectivity index (χ1v) is 12.4. The number of aliphatic hydroxyl groups excluding tert-OH is 1. The Labute approximate surface area is 200 Å². The Balaban J connectivity index is 1.97. The molecule has 4 rings (SSSR count). The summed E-state index contributed by atoms with van der Waals surface area (Å²) in [6.07, 6.45) is 0.510. The van der Waals surface area contributed by atoms with Crippen molar-refractivity contribution >= 4 is 40.6 Å². The van der Waals surface area contributed by atoms with E-state index in [2.05, 4.69) is 24.4 Å². The minimum Gasteiger partial charge on any atom is -0.394 e. The molecule has 2 N–H and O–H groups in total. The fourth-order valence-electron chi connectivity index (χ4n) is 3.90. The van der Waals surface area contributed by atoms with Gasteiger partial charge in [0.25, 0.3) is 5.91 Å². The standard InChI is InChI=1S/C24H25ClN2O3S2/c1-13-9-18(29)22(23(30)26-24(3,4)12-28)17-11-21(19-8-5-14(2)31-19)32-20-10-15(25)6-7-16(20)27(13)17/h5-10,21,28H,11-12H2,1-4H3,(H,26,30). The van der Waals surface area contributed by atoms with Gasteiger partial charge >= 0.3 is 0 Å². The summed E-state index contributed by atoms with van der Waals surface area (Å²) >= 11 is 9.75. The molecule has 1 unspecified atom stereocenters. The second kappa shape index (κ2) is 8.71. The minimum atomic E-state index is -0.846. The van der Waals surface area contributed by atoms with Crippen molar-refractivity contribution in [3.8, 4) is 5.69 Å². The number of carbonyl (C=O) groups is 1. The molecule has 1 aromatic carbocycles. The highest BCUT2D eigenvalue weighted by Gasteiger charge is 2.31. The first-order valence-electron chi connectivity index (χ1n) is 10.3. The number of nitrogens with zero attached hydrogens (tertiary/aromatic N) is 1. The summed E-state index contributed by atoms with van der Waals surface area (Å²) in [5.74, 6) is -0.471. The van der Waals surface area contributed by atoms with Gasteiger partial charge in [-0.3, -0.25) is 9.59 Å². The van der Waals surface area contributed by atoms with Crippen LogP contribution < -0.4 is 10.7 Å². The van der Waals surface area contributed by atoms with Crippen LogP contribution in [0.5, 0.6) is 0 Å². The summed E-state index contributed by atoms with van der Waals surface area (Å²) in [5, 5.41) is 13.1. The zero-order chi connectivity index (χ0) is 23.2. The lowest BCUT2D eigenvalue weighted by molar-refractivity contribution is 0.0866. The molecule has 168 valence electrons. The molecular weight excluding hydrogens is 464 g/mol. The highest BCUT2D eigenvalue weighted by Crippen LogP contribution is 2.46. The summed E-state index contributed by atoms with van der Waals surface area (Å²) in [5.41, 5.74) is 1.29. The van der Waals surface area contributed by atoms with E-state index >= 15 is 0 Å². The highest BCUT2D eigenvalue weighted by molar-refractivity contribution is 7.99. The average Bonchev–Trinajstić information content (AvgIpc) is 3.06. The molecule has 32 heavy (non-hydrogen) atoms. The smallest absolute Gasteiger partial charge is 0.257 e. The Morgan fingerprint density at radius 3 is 2.66 bits per heavy atom. The van der Waals surface area contributed by atoms with Crippen LogP contribution in [0, 0.1) is 13.8 Å². The topological polar surface area (TPSA) is 71.3 Å². The molecule has 0 fully saturated rings. The number of amides is 1. The largest absolute Gasteiger partial charge is 0.394 e. The molecule has 1 amide bonds. The van der Waals surface area contributed by atoms with Crippen molar-refractivity contribution in [2.75, 3.05) is 6.61 Å². The van der Waals surface area contributed by atoms with E-state index in [1.165, 1.54) is 15.8 Å². The number of aryl methyl sites for hydroxylation is 2. The molecule has 0 saturated carbocycles. The summed E-state index contributed by atoms with van der Waals surface area (Å²) in [6, 6.07) is 11.4. The number of pyridine rings is 1. The number of aromatic nitrogens is 1.